The van der Waals surface area contributed by atoms with Crippen LogP contribution < -0.4 is 0 Å². The van der Waals surface area contributed by atoms with Gasteiger partial charge in [-0.3, -0.25) is 0 Å². The fourth-order valence-electron chi connectivity index (χ4n) is 2.24. The topological polar surface area (TPSA) is 0 Å². The van der Waals surface area contributed by atoms with Crippen LogP contribution in [0.1, 0.15) is 37.3 Å². The fraction of sp³-hybridized carbons (Fsp3) is 0.200. The number of allylic oxidation sites excluding steroid dienone is 3. The average Bonchev–Trinajstić information content (AvgIpc) is 2.53. The molecule has 0 fully saturated rings. The molecule has 108 valence electrons. The normalized spacial score (nSPS) is 12.5. The van der Waals surface area contributed by atoms with E-state index in [2.05, 4.69) is 49.4 Å². The van der Waals surface area contributed by atoms with Gasteiger partial charge in [0.25, 0.3) is 0 Å². The molecule has 0 heterocycles. The summed E-state index contributed by atoms with van der Waals surface area (Å²) in [6.45, 7) is 2.21. The Balaban J connectivity index is 2.25. The summed E-state index contributed by atoms with van der Waals surface area (Å²) in [5.41, 5.74) is 3.68. The molecule has 2 aromatic rings. The Hall–Kier alpha value is -1.79. The van der Waals surface area contributed by atoms with Crippen molar-refractivity contribution < 1.29 is 0 Å². The lowest BCUT2D eigenvalue weighted by molar-refractivity contribution is 0.824. The van der Waals surface area contributed by atoms with Crippen molar-refractivity contribution in [2.75, 3.05) is 0 Å². The molecule has 0 saturated heterocycles. The quantitative estimate of drug-likeness (QED) is 0.531. The highest BCUT2D eigenvalue weighted by Crippen LogP contribution is 2.24. The zero-order valence-corrected chi connectivity index (χ0v) is 13.2. The van der Waals surface area contributed by atoms with E-state index < -0.39 is 0 Å². The number of unbranched alkanes of at least 4 members (excludes halogenated alkanes) is 1. The molecule has 1 heteroatoms. The van der Waals surface area contributed by atoms with Crippen molar-refractivity contribution >= 4 is 23.3 Å². The summed E-state index contributed by atoms with van der Waals surface area (Å²) in [7, 11) is 0. The van der Waals surface area contributed by atoms with Crippen LogP contribution in [0.2, 0.25) is 0 Å². The molecule has 0 atom stereocenters. The number of rotatable bonds is 6. The Bertz CT molecular complexity index is 594. The van der Waals surface area contributed by atoms with Crippen molar-refractivity contribution in [1.29, 1.82) is 0 Å². The highest BCUT2D eigenvalue weighted by atomic mass is 35.5. The van der Waals surface area contributed by atoms with Crippen LogP contribution in [0.15, 0.2) is 71.8 Å². The van der Waals surface area contributed by atoms with Gasteiger partial charge in [-0.05, 0) is 41.7 Å². The van der Waals surface area contributed by atoms with Gasteiger partial charge in [-0.25, -0.2) is 0 Å². The van der Waals surface area contributed by atoms with Gasteiger partial charge in [0, 0.05) is 5.03 Å². The third-order valence-electron chi connectivity index (χ3n) is 3.36. The van der Waals surface area contributed by atoms with Gasteiger partial charge >= 0.3 is 0 Å². The third-order valence-corrected chi connectivity index (χ3v) is 3.58. The van der Waals surface area contributed by atoms with E-state index in [1.165, 1.54) is 24.0 Å². The average molecular weight is 297 g/mol. The first kappa shape index (κ1) is 15.6. The van der Waals surface area contributed by atoms with E-state index in [1.807, 2.05) is 30.3 Å². The smallest absolute Gasteiger partial charge is 0.0414 e. The van der Waals surface area contributed by atoms with Crippen LogP contribution in [0.25, 0.3) is 11.6 Å². The van der Waals surface area contributed by atoms with Gasteiger partial charge in [0.15, 0.2) is 0 Å². The first-order chi connectivity index (χ1) is 10.3. The van der Waals surface area contributed by atoms with Crippen molar-refractivity contribution in [2.45, 2.75) is 26.2 Å². The van der Waals surface area contributed by atoms with E-state index in [9.17, 15) is 0 Å². The maximum atomic E-state index is 6.42. The number of halogens is 1. The second-order valence-corrected chi connectivity index (χ2v) is 5.52. The van der Waals surface area contributed by atoms with Gasteiger partial charge in [0.05, 0.1) is 0 Å². The van der Waals surface area contributed by atoms with Crippen LogP contribution in [0.4, 0.5) is 0 Å². The lowest BCUT2D eigenvalue weighted by Crippen LogP contribution is -1.85. The van der Waals surface area contributed by atoms with E-state index in [-0.39, 0.29) is 0 Å². The minimum absolute atomic E-state index is 0.774. The largest absolute Gasteiger partial charge is 0.0843 e. The van der Waals surface area contributed by atoms with Gasteiger partial charge in [-0.2, -0.15) is 0 Å². The Labute approximate surface area is 132 Å². The lowest BCUT2D eigenvalue weighted by atomic mass is 9.99. The molecular formula is C20H21Cl. The minimum Gasteiger partial charge on any atom is -0.0843 e. The van der Waals surface area contributed by atoms with Gasteiger partial charge in [0.1, 0.15) is 0 Å². The van der Waals surface area contributed by atoms with E-state index >= 15 is 0 Å². The molecule has 0 radical (unpaired) electrons. The zero-order chi connectivity index (χ0) is 14.9. The maximum absolute atomic E-state index is 6.42. The molecular weight excluding hydrogens is 276 g/mol. The van der Waals surface area contributed by atoms with Crippen LogP contribution in [0.3, 0.4) is 0 Å². The molecule has 2 rings (SSSR count). The number of benzene rings is 2. The van der Waals surface area contributed by atoms with Crippen LogP contribution >= 0.6 is 11.6 Å². The SMILES string of the molecule is CCCCC(=CC(Cl)=Cc1ccccc1)c1ccccc1. The van der Waals surface area contributed by atoms with Crippen LogP contribution in [0, 0.1) is 0 Å². The molecule has 0 bridgehead atoms. The van der Waals surface area contributed by atoms with Crippen molar-refractivity contribution in [3.8, 4) is 0 Å². The molecule has 0 aromatic heterocycles. The second kappa shape index (κ2) is 8.49. The van der Waals surface area contributed by atoms with Gasteiger partial charge in [-0.1, -0.05) is 85.6 Å². The summed E-state index contributed by atoms with van der Waals surface area (Å²) >= 11 is 6.42. The molecule has 0 unspecified atom stereocenters. The first-order valence-corrected chi connectivity index (χ1v) is 7.85. The summed E-state index contributed by atoms with van der Waals surface area (Å²) in [5.74, 6) is 0. The minimum atomic E-state index is 0.774. The Morgan fingerprint density at radius 1 is 0.952 bits per heavy atom. The second-order valence-electron chi connectivity index (χ2n) is 5.08. The molecule has 0 amide bonds. The Morgan fingerprint density at radius 3 is 2.19 bits per heavy atom. The van der Waals surface area contributed by atoms with E-state index in [0.717, 1.165) is 17.0 Å². The van der Waals surface area contributed by atoms with E-state index in [1.54, 1.807) is 0 Å². The van der Waals surface area contributed by atoms with Crippen LogP contribution in [0.5, 0.6) is 0 Å². The maximum Gasteiger partial charge on any atom is 0.0414 e. The van der Waals surface area contributed by atoms with E-state index in [0.29, 0.717) is 0 Å². The summed E-state index contributed by atoms with van der Waals surface area (Å²) in [6.07, 6.45) is 7.52. The standard InChI is InChI=1S/C20H21Cl/c1-2-3-12-19(18-13-8-5-9-14-18)16-20(21)15-17-10-6-4-7-11-17/h4-11,13-16H,2-3,12H2,1H3. The summed E-state index contributed by atoms with van der Waals surface area (Å²) < 4.78 is 0. The number of hydrogen-bond acceptors (Lipinski definition) is 0. The van der Waals surface area contributed by atoms with Crippen molar-refractivity contribution in [2.24, 2.45) is 0 Å². The Kier molecular flexibility index (Phi) is 6.30. The highest BCUT2D eigenvalue weighted by molar-refractivity contribution is 6.33. The predicted molar refractivity (Wildman–Crippen MR) is 94.2 cm³/mol. The summed E-state index contributed by atoms with van der Waals surface area (Å²) in [4.78, 5) is 0. The van der Waals surface area contributed by atoms with E-state index in [4.69, 9.17) is 11.6 Å². The monoisotopic (exact) mass is 296 g/mol. The number of hydrogen-bond donors (Lipinski definition) is 0. The zero-order valence-electron chi connectivity index (χ0n) is 12.4. The van der Waals surface area contributed by atoms with Crippen molar-refractivity contribution in [3.63, 3.8) is 0 Å². The molecule has 0 aliphatic rings. The molecule has 0 aliphatic carbocycles. The highest BCUT2D eigenvalue weighted by Gasteiger charge is 2.02. The summed E-state index contributed by atoms with van der Waals surface area (Å²) in [5, 5.41) is 0.774. The predicted octanol–water partition coefficient (Wildman–Crippen LogP) is 6.54. The molecule has 0 saturated carbocycles. The van der Waals surface area contributed by atoms with Gasteiger partial charge < -0.3 is 0 Å². The first-order valence-electron chi connectivity index (χ1n) is 7.48. The Morgan fingerprint density at radius 2 is 1.57 bits per heavy atom. The molecule has 0 N–H and O–H groups in total. The third kappa shape index (κ3) is 5.24. The molecule has 2 aromatic carbocycles. The van der Waals surface area contributed by atoms with Gasteiger partial charge in [0.2, 0.25) is 0 Å². The van der Waals surface area contributed by atoms with Crippen molar-refractivity contribution in [1.82, 2.24) is 0 Å². The van der Waals surface area contributed by atoms with Crippen LogP contribution in [-0.2, 0) is 0 Å². The molecule has 0 nitrogen and oxygen atoms in total. The molecule has 0 aliphatic heterocycles. The van der Waals surface area contributed by atoms with Crippen LogP contribution in [-0.4, -0.2) is 0 Å². The molecule has 0 spiro atoms. The lowest BCUT2D eigenvalue weighted by Gasteiger charge is -2.07. The summed E-state index contributed by atoms with van der Waals surface area (Å²) in [6, 6.07) is 20.7. The van der Waals surface area contributed by atoms with Gasteiger partial charge in [-0.15, -0.1) is 0 Å². The fourth-order valence-corrected chi connectivity index (χ4v) is 2.49. The molecule has 21 heavy (non-hydrogen) atoms. The van der Waals surface area contributed by atoms with Crippen molar-refractivity contribution in [3.05, 3.63) is 82.9 Å².